The largest absolute Gasteiger partial charge is 0.361 e. The standard InChI is InChI=1S/C21H18N6O/c1-12-11-27(2)26-20(12)21(28)24-18-8-13(9-19-16(18)10-23-25-19)14-4-3-5-17-15(14)6-7-22-17/h3-11,22H,1-2H3,(H,23,25)(H,24,28). The highest BCUT2D eigenvalue weighted by molar-refractivity contribution is 6.10. The Kier molecular flexibility index (Phi) is 3.55. The predicted octanol–water partition coefficient (Wildman–Crippen LogP) is 4.01. The molecule has 28 heavy (non-hydrogen) atoms. The summed E-state index contributed by atoms with van der Waals surface area (Å²) in [5, 5.41) is 16.4. The van der Waals surface area contributed by atoms with E-state index in [9.17, 15) is 4.79 Å². The summed E-state index contributed by atoms with van der Waals surface area (Å²) in [6, 6.07) is 12.2. The molecule has 0 saturated carbocycles. The van der Waals surface area contributed by atoms with Gasteiger partial charge in [0.25, 0.3) is 5.91 Å². The van der Waals surface area contributed by atoms with Crippen LogP contribution in [0.3, 0.4) is 0 Å². The molecule has 1 amide bonds. The summed E-state index contributed by atoms with van der Waals surface area (Å²) in [4.78, 5) is 16.0. The number of aryl methyl sites for hydroxylation is 2. The number of carbonyl (C=O) groups is 1. The molecule has 0 radical (unpaired) electrons. The third-order valence-corrected chi connectivity index (χ3v) is 4.94. The average molecular weight is 370 g/mol. The van der Waals surface area contributed by atoms with E-state index in [4.69, 9.17) is 0 Å². The van der Waals surface area contributed by atoms with Gasteiger partial charge in [-0.25, -0.2) is 0 Å². The number of hydrogen-bond donors (Lipinski definition) is 3. The quantitative estimate of drug-likeness (QED) is 0.448. The van der Waals surface area contributed by atoms with Crippen LogP contribution in [-0.2, 0) is 7.05 Å². The number of rotatable bonds is 3. The summed E-state index contributed by atoms with van der Waals surface area (Å²) in [5.41, 5.74) is 5.95. The van der Waals surface area contributed by atoms with E-state index in [-0.39, 0.29) is 5.91 Å². The van der Waals surface area contributed by atoms with Gasteiger partial charge in [0.15, 0.2) is 5.69 Å². The lowest BCUT2D eigenvalue weighted by atomic mass is 9.99. The van der Waals surface area contributed by atoms with E-state index >= 15 is 0 Å². The van der Waals surface area contributed by atoms with Gasteiger partial charge in [-0.2, -0.15) is 10.2 Å². The smallest absolute Gasteiger partial charge is 0.276 e. The van der Waals surface area contributed by atoms with Gasteiger partial charge in [0, 0.05) is 41.3 Å². The van der Waals surface area contributed by atoms with Crippen LogP contribution in [0.2, 0.25) is 0 Å². The molecule has 0 bridgehead atoms. The van der Waals surface area contributed by atoms with Gasteiger partial charge in [-0.05, 0) is 42.3 Å². The third kappa shape index (κ3) is 2.56. The number of fused-ring (bicyclic) bond motifs is 2. The Balaban J connectivity index is 1.63. The predicted molar refractivity (Wildman–Crippen MR) is 109 cm³/mol. The van der Waals surface area contributed by atoms with Crippen molar-refractivity contribution in [3.05, 3.63) is 66.2 Å². The molecule has 5 rings (SSSR count). The maximum Gasteiger partial charge on any atom is 0.276 e. The molecule has 0 fully saturated rings. The number of amides is 1. The van der Waals surface area contributed by atoms with Crippen molar-refractivity contribution >= 4 is 33.4 Å². The van der Waals surface area contributed by atoms with E-state index in [1.807, 2.05) is 43.6 Å². The van der Waals surface area contributed by atoms with Gasteiger partial charge in [0.1, 0.15) is 0 Å². The maximum absolute atomic E-state index is 12.8. The summed E-state index contributed by atoms with van der Waals surface area (Å²) in [6.45, 7) is 1.87. The topological polar surface area (TPSA) is 91.4 Å². The fourth-order valence-corrected chi connectivity index (χ4v) is 3.66. The number of carbonyl (C=O) groups excluding carboxylic acids is 1. The van der Waals surface area contributed by atoms with Crippen molar-refractivity contribution in [2.75, 3.05) is 5.32 Å². The van der Waals surface area contributed by atoms with Gasteiger partial charge < -0.3 is 10.3 Å². The lowest BCUT2D eigenvalue weighted by Crippen LogP contribution is -2.14. The maximum atomic E-state index is 12.8. The number of nitrogens with one attached hydrogen (secondary N) is 3. The fraction of sp³-hybridized carbons (Fsp3) is 0.0952. The molecule has 138 valence electrons. The van der Waals surface area contributed by atoms with Crippen molar-refractivity contribution in [1.29, 1.82) is 0 Å². The molecule has 3 heterocycles. The number of aromatic amines is 2. The Morgan fingerprint density at radius 1 is 1.14 bits per heavy atom. The first-order valence-electron chi connectivity index (χ1n) is 8.95. The molecular weight excluding hydrogens is 352 g/mol. The number of aromatic nitrogens is 5. The van der Waals surface area contributed by atoms with E-state index in [2.05, 4.69) is 37.7 Å². The third-order valence-electron chi connectivity index (χ3n) is 4.94. The zero-order chi connectivity index (χ0) is 19.3. The minimum Gasteiger partial charge on any atom is -0.361 e. The highest BCUT2D eigenvalue weighted by atomic mass is 16.2. The van der Waals surface area contributed by atoms with Crippen LogP contribution >= 0.6 is 0 Å². The molecule has 7 nitrogen and oxygen atoms in total. The lowest BCUT2D eigenvalue weighted by molar-refractivity contribution is 0.102. The van der Waals surface area contributed by atoms with Gasteiger partial charge in [-0.3, -0.25) is 14.6 Å². The van der Waals surface area contributed by atoms with Crippen LogP contribution in [0, 0.1) is 6.92 Å². The molecule has 5 aromatic rings. The monoisotopic (exact) mass is 370 g/mol. The van der Waals surface area contributed by atoms with Crippen molar-refractivity contribution in [3.63, 3.8) is 0 Å². The van der Waals surface area contributed by atoms with Crippen LogP contribution in [0.15, 0.2) is 55.0 Å². The first-order chi connectivity index (χ1) is 13.6. The molecule has 0 saturated heterocycles. The van der Waals surface area contributed by atoms with Crippen molar-refractivity contribution in [2.45, 2.75) is 6.92 Å². The second-order valence-electron chi connectivity index (χ2n) is 6.89. The van der Waals surface area contributed by atoms with E-state index < -0.39 is 0 Å². The fourth-order valence-electron chi connectivity index (χ4n) is 3.66. The molecule has 3 N–H and O–H groups in total. The lowest BCUT2D eigenvalue weighted by Gasteiger charge is -2.10. The first kappa shape index (κ1) is 16.3. The highest BCUT2D eigenvalue weighted by Gasteiger charge is 2.16. The van der Waals surface area contributed by atoms with Crippen LogP contribution in [0.25, 0.3) is 32.9 Å². The first-order valence-corrected chi connectivity index (χ1v) is 8.95. The minimum absolute atomic E-state index is 0.238. The molecule has 0 aliphatic carbocycles. The van der Waals surface area contributed by atoms with Gasteiger partial charge in [0.05, 0.1) is 17.4 Å². The Morgan fingerprint density at radius 2 is 2.04 bits per heavy atom. The number of nitrogens with zero attached hydrogens (tertiary/aromatic N) is 3. The van der Waals surface area contributed by atoms with Gasteiger partial charge in [0.2, 0.25) is 0 Å². The minimum atomic E-state index is -0.238. The van der Waals surface area contributed by atoms with Crippen LogP contribution in [0.4, 0.5) is 5.69 Å². The second-order valence-corrected chi connectivity index (χ2v) is 6.89. The SMILES string of the molecule is Cc1cn(C)nc1C(=O)Nc1cc(-c2cccc3[nH]ccc23)cc2[nH]ncc12. The molecule has 2 aromatic carbocycles. The van der Waals surface area contributed by atoms with Crippen molar-refractivity contribution in [2.24, 2.45) is 7.05 Å². The van der Waals surface area contributed by atoms with Crippen LogP contribution in [-0.4, -0.2) is 30.9 Å². The summed E-state index contributed by atoms with van der Waals surface area (Å²) >= 11 is 0. The zero-order valence-electron chi connectivity index (χ0n) is 15.4. The highest BCUT2D eigenvalue weighted by Crippen LogP contribution is 2.34. The van der Waals surface area contributed by atoms with E-state index in [0.29, 0.717) is 11.4 Å². The van der Waals surface area contributed by atoms with Crippen LogP contribution < -0.4 is 5.32 Å². The number of anilines is 1. The summed E-state index contributed by atoms with van der Waals surface area (Å²) in [7, 11) is 1.80. The van der Waals surface area contributed by atoms with Crippen molar-refractivity contribution < 1.29 is 4.79 Å². The van der Waals surface area contributed by atoms with Crippen LogP contribution in [0.1, 0.15) is 16.1 Å². The normalized spacial score (nSPS) is 11.4. The zero-order valence-corrected chi connectivity index (χ0v) is 15.4. The molecule has 0 atom stereocenters. The average Bonchev–Trinajstić information content (AvgIpc) is 3.40. The molecule has 3 aromatic heterocycles. The second kappa shape index (κ2) is 6.09. The van der Waals surface area contributed by atoms with E-state index in [1.165, 1.54) is 0 Å². The molecule has 7 heteroatoms. The van der Waals surface area contributed by atoms with E-state index in [1.54, 1.807) is 17.9 Å². The number of benzene rings is 2. The van der Waals surface area contributed by atoms with Gasteiger partial charge in [-0.1, -0.05) is 12.1 Å². The molecule has 0 unspecified atom stereocenters. The number of hydrogen-bond acceptors (Lipinski definition) is 3. The Hall–Kier alpha value is -3.87. The summed E-state index contributed by atoms with van der Waals surface area (Å²) < 4.78 is 1.64. The summed E-state index contributed by atoms with van der Waals surface area (Å²) in [6.07, 6.45) is 5.47. The Labute approximate surface area is 160 Å². The van der Waals surface area contributed by atoms with Crippen molar-refractivity contribution in [1.82, 2.24) is 25.0 Å². The molecule has 0 aliphatic heterocycles. The Bertz CT molecular complexity index is 1340. The van der Waals surface area contributed by atoms with Gasteiger partial charge in [-0.15, -0.1) is 0 Å². The molecule has 0 spiro atoms. The van der Waals surface area contributed by atoms with Gasteiger partial charge >= 0.3 is 0 Å². The summed E-state index contributed by atoms with van der Waals surface area (Å²) in [5.74, 6) is -0.238. The molecular formula is C21H18N6O. The molecule has 0 aliphatic rings. The Morgan fingerprint density at radius 3 is 2.86 bits per heavy atom. The number of H-pyrrole nitrogens is 2. The van der Waals surface area contributed by atoms with E-state index in [0.717, 1.165) is 38.5 Å². The van der Waals surface area contributed by atoms with Crippen molar-refractivity contribution in [3.8, 4) is 11.1 Å². The van der Waals surface area contributed by atoms with Crippen LogP contribution in [0.5, 0.6) is 0 Å².